The number of hydrogen-bond acceptors (Lipinski definition) is 3. The van der Waals surface area contributed by atoms with E-state index in [4.69, 9.17) is 11.0 Å². The maximum absolute atomic E-state index is 12.1. The second-order valence-electron chi connectivity index (χ2n) is 4.22. The summed E-state index contributed by atoms with van der Waals surface area (Å²) in [6, 6.07) is 14.3. The third-order valence-electron chi connectivity index (χ3n) is 2.76. The van der Waals surface area contributed by atoms with E-state index in [2.05, 4.69) is 27.3 Å². The number of benzene rings is 2. The molecule has 2 aromatic carbocycles. The first-order valence-corrected chi connectivity index (χ1v) is 6.71. The Balaban J connectivity index is 2.11. The zero-order valence-electron chi connectivity index (χ0n) is 10.6. The van der Waals surface area contributed by atoms with E-state index in [1.54, 1.807) is 30.3 Å². The number of hydrogen-bond donors (Lipinski definition) is 2. The van der Waals surface area contributed by atoms with Gasteiger partial charge < -0.3 is 11.1 Å². The molecule has 100 valence electrons. The van der Waals surface area contributed by atoms with Gasteiger partial charge in [-0.25, -0.2) is 0 Å². The van der Waals surface area contributed by atoms with Crippen LogP contribution in [0.1, 0.15) is 15.9 Å². The Hall–Kier alpha value is -2.32. The molecule has 0 aliphatic heterocycles. The maximum atomic E-state index is 12.1. The van der Waals surface area contributed by atoms with Crippen LogP contribution in [0.5, 0.6) is 0 Å². The molecule has 0 fully saturated rings. The quantitative estimate of drug-likeness (QED) is 0.847. The maximum Gasteiger partial charge on any atom is 0.255 e. The van der Waals surface area contributed by atoms with E-state index >= 15 is 0 Å². The van der Waals surface area contributed by atoms with Gasteiger partial charge in [-0.15, -0.1) is 0 Å². The van der Waals surface area contributed by atoms with Gasteiger partial charge in [-0.1, -0.05) is 12.1 Å². The number of amides is 1. The van der Waals surface area contributed by atoms with Crippen LogP contribution >= 0.6 is 15.9 Å². The van der Waals surface area contributed by atoms with Gasteiger partial charge in [0, 0.05) is 21.4 Å². The van der Waals surface area contributed by atoms with Gasteiger partial charge in [-0.3, -0.25) is 4.79 Å². The predicted molar refractivity (Wildman–Crippen MR) is 82.3 cm³/mol. The summed E-state index contributed by atoms with van der Waals surface area (Å²) in [6.07, 6.45) is 0.360. The van der Waals surface area contributed by atoms with Crippen LogP contribution in [0.25, 0.3) is 0 Å². The third-order valence-corrected chi connectivity index (χ3v) is 3.44. The number of anilines is 2. The van der Waals surface area contributed by atoms with Crippen LogP contribution in [-0.2, 0) is 6.42 Å². The van der Waals surface area contributed by atoms with Crippen molar-refractivity contribution in [2.24, 2.45) is 0 Å². The molecule has 5 heteroatoms. The summed E-state index contributed by atoms with van der Waals surface area (Å²) in [7, 11) is 0. The van der Waals surface area contributed by atoms with E-state index in [0.717, 1.165) is 5.56 Å². The molecule has 0 bridgehead atoms. The van der Waals surface area contributed by atoms with Gasteiger partial charge in [0.15, 0.2) is 0 Å². The molecule has 2 rings (SSSR count). The van der Waals surface area contributed by atoms with Crippen molar-refractivity contribution in [1.29, 1.82) is 5.26 Å². The fraction of sp³-hybridized carbons (Fsp3) is 0.0667. The number of nitriles is 1. The summed E-state index contributed by atoms with van der Waals surface area (Å²) in [5.74, 6) is -0.210. The molecule has 20 heavy (non-hydrogen) atoms. The van der Waals surface area contributed by atoms with Crippen molar-refractivity contribution in [2.75, 3.05) is 11.1 Å². The summed E-state index contributed by atoms with van der Waals surface area (Å²) in [4.78, 5) is 12.1. The van der Waals surface area contributed by atoms with Gasteiger partial charge >= 0.3 is 0 Å². The van der Waals surface area contributed by atoms with Gasteiger partial charge in [0.05, 0.1) is 12.5 Å². The lowest BCUT2D eigenvalue weighted by Gasteiger charge is -2.07. The van der Waals surface area contributed by atoms with Crippen LogP contribution in [0.4, 0.5) is 11.4 Å². The fourth-order valence-corrected chi connectivity index (χ4v) is 2.05. The monoisotopic (exact) mass is 329 g/mol. The highest BCUT2D eigenvalue weighted by molar-refractivity contribution is 9.10. The van der Waals surface area contributed by atoms with Crippen molar-refractivity contribution in [1.82, 2.24) is 0 Å². The smallest absolute Gasteiger partial charge is 0.255 e. The lowest BCUT2D eigenvalue weighted by Crippen LogP contribution is -2.12. The first kappa shape index (κ1) is 14.1. The van der Waals surface area contributed by atoms with Crippen LogP contribution in [0, 0.1) is 11.3 Å². The number of nitrogens with zero attached hydrogens (tertiary/aromatic N) is 1. The minimum Gasteiger partial charge on any atom is -0.398 e. The van der Waals surface area contributed by atoms with E-state index < -0.39 is 0 Å². The van der Waals surface area contributed by atoms with Crippen LogP contribution in [0.2, 0.25) is 0 Å². The van der Waals surface area contributed by atoms with E-state index in [0.29, 0.717) is 27.8 Å². The summed E-state index contributed by atoms with van der Waals surface area (Å²) in [5, 5.41) is 11.4. The van der Waals surface area contributed by atoms with Gasteiger partial charge in [-0.05, 0) is 51.8 Å². The molecule has 0 heterocycles. The molecular weight excluding hydrogens is 318 g/mol. The van der Waals surface area contributed by atoms with E-state index in [9.17, 15) is 4.79 Å². The molecule has 0 unspecified atom stereocenters. The molecule has 0 radical (unpaired) electrons. The largest absolute Gasteiger partial charge is 0.398 e. The molecule has 4 nitrogen and oxygen atoms in total. The number of halogens is 1. The number of rotatable bonds is 3. The van der Waals surface area contributed by atoms with Crippen molar-refractivity contribution in [3.63, 3.8) is 0 Å². The van der Waals surface area contributed by atoms with Crippen LogP contribution in [0.15, 0.2) is 46.9 Å². The average Bonchev–Trinajstić information content (AvgIpc) is 2.44. The van der Waals surface area contributed by atoms with Crippen LogP contribution < -0.4 is 11.1 Å². The fourth-order valence-electron chi connectivity index (χ4n) is 1.67. The van der Waals surface area contributed by atoms with Crippen LogP contribution in [0.3, 0.4) is 0 Å². The van der Waals surface area contributed by atoms with Crippen molar-refractivity contribution in [3.05, 3.63) is 58.1 Å². The highest BCUT2D eigenvalue weighted by Gasteiger charge is 2.07. The number of carbonyl (C=O) groups excluding carboxylic acids is 1. The van der Waals surface area contributed by atoms with Crippen molar-refractivity contribution in [2.45, 2.75) is 6.42 Å². The second-order valence-corrected chi connectivity index (χ2v) is 5.08. The summed E-state index contributed by atoms with van der Waals surface area (Å²) < 4.78 is 0.689. The minimum absolute atomic E-state index is 0.210. The zero-order chi connectivity index (χ0) is 14.5. The first-order valence-electron chi connectivity index (χ1n) is 5.92. The van der Waals surface area contributed by atoms with Crippen LogP contribution in [-0.4, -0.2) is 5.91 Å². The Bertz CT molecular complexity index is 675. The standard InChI is InChI=1S/C15H12BrN3O/c16-13-9-11(3-6-14(13)18)15(20)19-12-4-1-10(2-5-12)7-8-17/h1-6,9H,7,18H2,(H,19,20). The Morgan fingerprint density at radius 2 is 1.95 bits per heavy atom. The van der Waals surface area contributed by atoms with Gasteiger partial charge in [0.1, 0.15) is 0 Å². The van der Waals surface area contributed by atoms with E-state index in [1.807, 2.05) is 12.1 Å². The first-order chi connectivity index (χ1) is 9.60. The molecule has 1 amide bonds. The zero-order valence-corrected chi connectivity index (χ0v) is 12.1. The number of nitrogens with one attached hydrogen (secondary N) is 1. The SMILES string of the molecule is N#CCc1ccc(NC(=O)c2ccc(N)c(Br)c2)cc1. The van der Waals surface area contributed by atoms with Crippen molar-refractivity contribution >= 4 is 33.2 Å². The molecule has 0 aliphatic carbocycles. The summed E-state index contributed by atoms with van der Waals surface area (Å²) >= 11 is 3.29. The Morgan fingerprint density at radius 3 is 2.55 bits per heavy atom. The third kappa shape index (κ3) is 3.37. The van der Waals surface area contributed by atoms with Gasteiger partial charge in [-0.2, -0.15) is 5.26 Å². The number of nitrogen functional groups attached to an aromatic ring is 1. The van der Waals surface area contributed by atoms with E-state index in [1.165, 1.54) is 0 Å². The molecule has 2 aromatic rings. The molecule has 0 aromatic heterocycles. The lowest BCUT2D eigenvalue weighted by atomic mass is 10.1. The number of nitrogens with two attached hydrogens (primary N) is 1. The normalized spacial score (nSPS) is 9.80. The second kappa shape index (κ2) is 6.22. The minimum atomic E-state index is -0.210. The molecule has 0 saturated heterocycles. The molecule has 0 spiro atoms. The van der Waals surface area contributed by atoms with Gasteiger partial charge in [0.2, 0.25) is 0 Å². The Labute approximate surface area is 125 Å². The summed E-state index contributed by atoms with van der Waals surface area (Å²) in [5.41, 5.74) is 8.39. The predicted octanol–water partition coefficient (Wildman–Crippen LogP) is 3.35. The molecule has 0 aliphatic rings. The van der Waals surface area contributed by atoms with E-state index in [-0.39, 0.29) is 5.91 Å². The topological polar surface area (TPSA) is 78.9 Å². The van der Waals surface area contributed by atoms with Gasteiger partial charge in [0.25, 0.3) is 5.91 Å². The number of carbonyl (C=O) groups is 1. The Kier molecular flexibility index (Phi) is 4.38. The van der Waals surface area contributed by atoms with Crippen molar-refractivity contribution in [3.8, 4) is 6.07 Å². The Morgan fingerprint density at radius 1 is 1.25 bits per heavy atom. The lowest BCUT2D eigenvalue weighted by molar-refractivity contribution is 0.102. The molecule has 0 saturated carbocycles. The highest BCUT2D eigenvalue weighted by Crippen LogP contribution is 2.21. The molecular formula is C15H12BrN3O. The molecule has 3 N–H and O–H groups in total. The summed E-state index contributed by atoms with van der Waals surface area (Å²) in [6.45, 7) is 0. The average molecular weight is 330 g/mol. The van der Waals surface area contributed by atoms with Crippen molar-refractivity contribution < 1.29 is 4.79 Å². The highest BCUT2D eigenvalue weighted by atomic mass is 79.9. The molecule has 0 atom stereocenters.